The molecule has 13 atom stereocenters. The molecular formula is C38H54O12. The molecule has 12 heteroatoms. The molecule has 3 saturated carbocycles. The Balaban J connectivity index is 1.65. The van der Waals surface area contributed by atoms with Gasteiger partial charge in [0.2, 0.25) is 18.2 Å². The molecule has 4 N–H and O–H groups in total. The number of esters is 1. The van der Waals surface area contributed by atoms with E-state index in [9.17, 15) is 44.4 Å². The molecular weight excluding hydrogens is 648 g/mol. The number of rotatable bonds is 7. The lowest BCUT2D eigenvalue weighted by atomic mass is 9.38. The first-order chi connectivity index (χ1) is 22.7. The number of carbonyl (C=O) groups excluding carboxylic acids is 5. The van der Waals surface area contributed by atoms with E-state index >= 15 is 0 Å². The Hall–Kier alpha value is -2.61. The average molecular weight is 703 g/mol. The zero-order chi connectivity index (χ0) is 37.7. The normalized spacial score (nSPS) is 44.2. The molecule has 0 aromatic heterocycles. The van der Waals surface area contributed by atoms with Crippen LogP contribution in [0.2, 0.25) is 0 Å². The van der Waals surface area contributed by atoms with E-state index in [1.165, 1.54) is 33.8 Å². The van der Waals surface area contributed by atoms with Gasteiger partial charge >= 0.3 is 5.97 Å². The third kappa shape index (κ3) is 5.69. The monoisotopic (exact) mass is 702 g/mol. The van der Waals surface area contributed by atoms with Crippen molar-refractivity contribution in [3.63, 3.8) is 0 Å². The minimum absolute atomic E-state index is 0.0686. The molecule has 0 aromatic carbocycles. The van der Waals surface area contributed by atoms with Gasteiger partial charge in [0, 0.05) is 30.1 Å². The van der Waals surface area contributed by atoms with Crippen LogP contribution in [0, 0.1) is 39.4 Å². The zero-order valence-corrected chi connectivity index (χ0v) is 30.8. The lowest BCUT2D eigenvalue weighted by Crippen LogP contribution is -2.65. The van der Waals surface area contributed by atoms with Crippen molar-refractivity contribution in [2.75, 3.05) is 0 Å². The molecule has 0 amide bonds. The fraction of sp³-hybridized carbons (Fsp3) is 0.763. The molecule has 5 aliphatic rings. The first kappa shape index (κ1) is 38.6. The van der Waals surface area contributed by atoms with Crippen LogP contribution in [-0.2, 0) is 38.2 Å². The third-order valence-corrected chi connectivity index (χ3v) is 13.3. The summed E-state index contributed by atoms with van der Waals surface area (Å²) >= 11 is 0. The van der Waals surface area contributed by atoms with Gasteiger partial charge in [0.1, 0.15) is 23.6 Å². The molecule has 3 unspecified atom stereocenters. The Bertz CT molecular complexity index is 1530. The number of aliphatic hydroxyl groups is 4. The lowest BCUT2D eigenvalue weighted by Gasteiger charge is -2.64. The van der Waals surface area contributed by atoms with Gasteiger partial charge in [0.25, 0.3) is 0 Å². The summed E-state index contributed by atoms with van der Waals surface area (Å²) in [5.41, 5.74) is -6.58. The first-order valence-corrected chi connectivity index (χ1v) is 17.6. The summed E-state index contributed by atoms with van der Waals surface area (Å²) in [6.07, 6.45) is -2.96. The molecule has 1 saturated heterocycles. The maximum atomic E-state index is 14.8. The van der Waals surface area contributed by atoms with Crippen molar-refractivity contribution in [3.8, 4) is 0 Å². The van der Waals surface area contributed by atoms with Crippen LogP contribution in [0.25, 0.3) is 0 Å². The highest BCUT2D eigenvalue weighted by Crippen LogP contribution is 2.74. The Kier molecular flexibility index (Phi) is 9.45. The molecule has 0 spiro atoms. The minimum Gasteiger partial charge on any atom is -0.449 e. The average Bonchev–Trinajstić information content (AvgIpc) is 3.21. The van der Waals surface area contributed by atoms with Gasteiger partial charge in [-0.15, -0.1) is 0 Å². The van der Waals surface area contributed by atoms with Crippen LogP contribution >= 0.6 is 0 Å². The highest BCUT2D eigenvalue weighted by Gasteiger charge is 2.75. The molecule has 50 heavy (non-hydrogen) atoms. The zero-order valence-electron chi connectivity index (χ0n) is 30.8. The van der Waals surface area contributed by atoms with E-state index in [1.54, 1.807) is 13.8 Å². The van der Waals surface area contributed by atoms with Gasteiger partial charge in [0.05, 0.1) is 17.8 Å². The van der Waals surface area contributed by atoms with E-state index in [1.807, 2.05) is 26.8 Å². The second kappa shape index (κ2) is 12.2. The number of aliphatic hydroxyl groups excluding tert-OH is 2. The SMILES string of the molecule is CC(=O)O[C@H]1C(=O)[C@@H](O)[C@H](C)O[C@H]1O[C@@H]1C[C@@]2(C)[C@@H]3CC=C4C(C[C@H](O)C(=O)C4(C)C)[C@]3(C)C(=O)C[C@]2(C)C1C(C)(O)C(=O)/C=C/C(C)(C)O. The summed E-state index contributed by atoms with van der Waals surface area (Å²) in [6.45, 7) is 16.2. The second-order valence-corrected chi connectivity index (χ2v) is 17.4. The quantitative estimate of drug-likeness (QED) is 0.172. The van der Waals surface area contributed by atoms with E-state index in [4.69, 9.17) is 14.2 Å². The number of fused-ring (bicyclic) bond motifs is 5. The highest BCUT2D eigenvalue weighted by atomic mass is 16.7. The smallest absolute Gasteiger partial charge is 0.303 e. The van der Waals surface area contributed by atoms with Crippen molar-refractivity contribution in [1.82, 2.24) is 0 Å². The standard InChI is InChI=1S/C38H54O12/c1-18-27(43)28(44)29(49-19(2)39)32(48-18)50-23-16-35(7)24-12-11-20-21(15-22(40)31(45)34(20,5)6)37(24,9)26(42)17-36(35,8)30(23)38(10,47)25(41)13-14-33(3,4)46/h11,13-14,18,21-24,27,29-30,32,40,43,46-47H,12,15-17H2,1-10H3/b14-13+/t18-,21?,22-,23+,24-,27-,29-,30?,32-,35-,36+,37-,38?/m0/s1. The number of ketones is 4. The van der Waals surface area contributed by atoms with Crippen molar-refractivity contribution in [3.05, 3.63) is 23.8 Å². The summed E-state index contributed by atoms with van der Waals surface area (Å²) in [5, 5.41) is 44.1. The molecule has 278 valence electrons. The summed E-state index contributed by atoms with van der Waals surface area (Å²) in [4.78, 5) is 67.1. The maximum Gasteiger partial charge on any atom is 0.303 e. The minimum atomic E-state index is -2.17. The van der Waals surface area contributed by atoms with Gasteiger partial charge in [-0.2, -0.15) is 0 Å². The summed E-state index contributed by atoms with van der Waals surface area (Å²) in [7, 11) is 0. The van der Waals surface area contributed by atoms with Crippen molar-refractivity contribution in [1.29, 1.82) is 0 Å². The van der Waals surface area contributed by atoms with Crippen molar-refractivity contribution in [2.24, 2.45) is 39.4 Å². The van der Waals surface area contributed by atoms with Gasteiger partial charge < -0.3 is 34.6 Å². The van der Waals surface area contributed by atoms with Crippen LogP contribution in [0.3, 0.4) is 0 Å². The van der Waals surface area contributed by atoms with Crippen molar-refractivity contribution in [2.45, 2.75) is 143 Å². The maximum absolute atomic E-state index is 14.8. The van der Waals surface area contributed by atoms with E-state index in [-0.39, 0.29) is 36.7 Å². The van der Waals surface area contributed by atoms with Gasteiger partial charge in [-0.25, -0.2) is 0 Å². The Morgan fingerprint density at radius 1 is 1.02 bits per heavy atom. The van der Waals surface area contributed by atoms with Crippen LogP contribution in [0.15, 0.2) is 23.8 Å². The third-order valence-electron chi connectivity index (χ3n) is 13.3. The summed E-state index contributed by atoms with van der Waals surface area (Å²) in [5.74, 6) is -4.63. The molecule has 0 radical (unpaired) electrons. The number of hydrogen-bond acceptors (Lipinski definition) is 12. The van der Waals surface area contributed by atoms with Crippen molar-refractivity contribution < 1.29 is 58.6 Å². The molecule has 1 aliphatic heterocycles. The number of ether oxygens (including phenoxy) is 3. The van der Waals surface area contributed by atoms with E-state index in [0.717, 1.165) is 18.6 Å². The Labute approximate surface area is 293 Å². The van der Waals surface area contributed by atoms with Gasteiger partial charge in [-0.1, -0.05) is 38.5 Å². The van der Waals surface area contributed by atoms with Crippen LogP contribution in [0.5, 0.6) is 0 Å². The molecule has 0 aromatic rings. The lowest BCUT2D eigenvalue weighted by molar-refractivity contribution is -0.274. The molecule has 4 aliphatic carbocycles. The molecule has 5 rings (SSSR count). The fourth-order valence-corrected chi connectivity index (χ4v) is 10.5. The predicted octanol–water partition coefficient (Wildman–Crippen LogP) is 2.56. The first-order valence-electron chi connectivity index (χ1n) is 17.6. The van der Waals surface area contributed by atoms with E-state index in [0.29, 0.717) is 6.42 Å². The molecule has 1 heterocycles. The van der Waals surface area contributed by atoms with Crippen molar-refractivity contribution >= 4 is 29.1 Å². The predicted molar refractivity (Wildman–Crippen MR) is 178 cm³/mol. The van der Waals surface area contributed by atoms with Crippen LogP contribution in [0.1, 0.15) is 94.9 Å². The van der Waals surface area contributed by atoms with Gasteiger partial charge in [-0.3, -0.25) is 24.0 Å². The summed E-state index contributed by atoms with van der Waals surface area (Å²) in [6, 6.07) is 0. The Morgan fingerprint density at radius 2 is 1.64 bits per heavy atom. The number of allylic oxidation sites excluding steroid dienone is 2. The summed E-state index contributed by atoms with van der Waals surface area (Å²) < 4.78 is 17.8. The van der Waals surface area contributed by atoms with E-state index < -0.39 is 99.0 Å². The number of Topliss-reactive ketones (excluding diaryl/α,β-unsaturated/α-hetero) is 3. The highest BCUT2D eigenvalue weighted by molar-refractivity contribution is 5.98. The van der Waals surface area contributed by atoms with Crippen LogP contribution in [0.4, 0.5) is 0 Å². The van der Waals surface area contributed by atoms with Gasteiger partial charge in [-0.05, 0) is 89.5 Å². The van der Waals surface area contributed by atoms with E-state index in [2.05, 4.69) is 0 Å². The second-order valence-electron chi connectivity index (χ2n) is 17.4. The molecule has 4 fully saturated rings. The van der Waals surface area contributed by atoms with Crippen LogP contribution in [-0.4, -0.2) is 97.5 Å². The Morgan fingerprint density at radius 3 is 2.22 bits per heavy atom. The van der Waals surface area contributed by atoms with Gasteiger partial charge in [0.15, 0.2) is 11.6 Å². The molecule has 0 bridgehead atoms. The van der Waals surface area contributed by atoms with Crippen LogP contribution < -0.4 is 0 Å². The number of hydrogen-bond donors (Lipinski definition) is 4. The largest absolute Gasteiger partial charge is 0.449 e. The topological polar surface area (TPSA) is 194 Å². The molecule has 12 nitrogen and oxygen atoms in total. The fourth-order valence-electron chi connectivity index (χ4n) is 10.5. The number of carbonyl (C=O) groups is 5.